The first kappa shape index (κ1) is 12.6. The van der Waals surface area contributed by atoms with Crippen molar-refractivity contribution < 1.29 is 17.4 Å². The molecule has 0 saturated carbocycles. The molecule has 0 aliphatic heterocycles. The van der Waals surface area contributed by atoms with Crippen molar-refractivity contribution >= 4 is 22.0 Å². The molecule has 1 aliphatic carbocycles. The summed E-state index contributed by atoms with van der Waals surface area (Å²) in [5.74, 6) is -0.393. The summed E-state index contributed by atoms with van der Waals surface area (Å²) in [6.07, 6.45) is 2.87. The predicted molar refractivity (Wildman–Crippen MR) is 62.9 cm³/mol. The fourth-order valence-corrected chi connectivity index (χ4v) is 2.65. The minimum Gasteiger partial charge on any atom is -0.291 e. The van der Waals surface area contributed by atoms with Gasteiger partial charge in [-0.15, -0.1) is 0 Å². The van der Waals surface area contributed by atoms with Crippen molar-refractivity contribution in [3.05, 3.63) is 35.4 Å². The van der Waals surface area contributed by atoms with E-state index in [0.29, 0.717) is 0 Å². The maximum atomic E-state index is 11.9. The van der Waals surface area contributed by atoms with Crippen molar-refractivity contribution in [1.82, 2.24) is 0 Å². The third-order valence-electron chi connectivity index (χ3n) is 2.67. The van der Waals surface area contributed by atoms with Gasteiger partial charge in [0, 0.05) is 11.1 Å². The molecule has 1 aromatic carbocycles. The smallest absolute Gasteiger partial charge is 0.291 e. The second-order valence-electron chi connectivity index (χ2n) is 3.64. The summed E-state index contributed by atoms with van der Waals surface area (Å²) in [4.78, 5) is 11.9. The first-order valence-corrected chi connectivity index (χ1v) is 6.44. The lowest BCUT2D eigenvalue weighted by Crippen LogP contribution is -2.21. The van der Waals surface area contributed by atoms with E-state index in [1.807, 2.05) is 0 Å². The molecular formula is C11H10N2O4S. The van der Waals surface area contributed by atoms with Crippen molar-refractivity contribution in [2.45, 2.75) is 10.9 Å². The van der Waals surface area contributed by atoms with Crippen molar-refractivity contribution in [3.63, 3.8) is 0 Å². The molecule has 2 rings (SSSR count). The lowest BCUT2D eigenvalue weighted by molar-refractivity contribution is 0.0974. The minimum absolute atomic E-state index is 0.0597. The Balaban J connectivity index is 2.68. The number of Topliss-reactive ketones (excluding diaryl/α,β-unsaturated/α-hetero) is 1. The van der Waals surface area contributed by atoms with Crippen molar-refractivity contribution in [2.75, 3.05) is 7.11 Å². The summed E-state index contributed by atoms with van der Waals surface area (Å²) in [5.41, 5.74) is 7.41. The van der Waals surface area contributed by atoms with E-state index in [4.69, 9.17) is 5.53 Å². The molecule has 0 saturated heterocycles. The van der Waals surface area contributed by atoms with Gasteiger partial charge in [0.25, 0.3) is 10.1 Å². The lowest BCUT2D eigenvalue weighted by atomic mass is 9.93. The predicted octanol–water partition coefficient (Wildman–Crippen LogP) is 1.63. The highest BCUT2D eigenvalue weighted by molar-refractivity contribution is 7.86. The average molecular weight is 266 g/mol. The first-order chi connectivity index (χ1) is 8.51. The van der Waals surface area contributed by atoms with Crippen LogP contribution in [0.5, 0.6) is 0 Å². The highest BCUT2D eigenvalue weighted by atomic mass is 32.2. The van der Waals surface area contributed by atoms with Crippen LogP contribution in [0.3, 0.4) is 0 Å². The van der Waals surface area contributed by atoms with Gasteiger partial charge in [-0.2, -0.15) is 13.5 Å². The summed E-state index contributed by atoms with van der Waals surface area (Å²) in [5, 5.41) is 3.17. The number of hydrogen-bond acceptors (Lipinski definition) is 6. The first-order valence-electron chi connectivity index (χ1n) is 5.04. The fraction of sp³-hybridized carbons (Fsp3) is 0.182. The molecular weight excluding hydrogens is 256 g/mol. The van der Waals surface area contributed by atoms with E-state index in [9.17, 15) is 13.2 Å². The second kappa shape index (κ2) is 4.43. The number of nitrogens with one attached hydrogen (secondary N) is 1. The standard InChI is InChI=1S/C11H10N2O4S/c1-17-18(15,16)10-4-2-3-8-7(10)5-6-9(13-12)11(8)14/h2-6,9,12H,1H3. The van der Waals surface area contributed by atoms with E-state index in [-0.39, 0.29) is 16.0 Å². The van der Waals surface area contributed by atoms with Crippen LogP contribution < -0.4 is 0 Å². The zero-order valence-electron chi connectivity index (χ0n) is 9.45. The molecule has 1 atom stereocenters. The number of rotatable bonds is 3. The number of ketones is 1. The molecule has 6 nitrogen and oxygen atoms in total. The van der Waals surface area contributed by atoms with E-state index in [0.717, 1.165) is 7.11 Å². The number of carbonyl (C=O) groups is 1. The fourth-order valence-electron chi connectivity index (χ4n) is 1.77. The largest absolute Gasteiger partial charge is 0.297 e. The number of hydrogen-bond donors (Lipinski definition) is 1. The van der Waals surface area contributed by atoms with Gasteiger partial charge in [-0.25, -0.2) is 5.53 Å². The molecule has 18 heavy (non-hydrogen) atoms. The SMILES string of the molecule is COS(=O)(=O)c1cccc2c1C=CC(N=N)C2=O. The van der Waals surface area contributed by atoms with Gasteiger partial charge in [0.2, 0.25) is 0 Å². The highest BCUT2D eigenvalue weighted by Gasteiger charge is 2.28. The average Bonchev–Trinajstić information content (AvgIpc) is 2.39. The van der Waals surface area contributed by atoms with Crippen LogP contribution in [0, 0.1) is 5.53 Å². The van der Waals surface area contributed by atoms with Crippen LogP contribution in [0.2, 0.25) is 0 Å². The van der Waals surface area contributed by atoms with Crippen LogP contribution >= 0.6 is 0 Å². The molecule has 1 N–H and O–H groups in total. The normalized spacial score (nSPS) is 18.5. The Labute approximate surface area is 104 Å². The highest BCUT2D eigenvalue weighted by Crippen LogP contribution is 2.28. The van der Waals surface area contributed by atoms with Crippen molar-refractivity contribution in [1.29, 1.82) is 5.53 Å². The van der Waals surface area contributed by atoms with Gasteiger partial charge in [-0.05, 0) is 12.1 Å². The molecule has 1 aliphatic rings. The van der Waals surface area contributed by atoms with E-state index >= 15 is 0 Å². The molecule has 1 unspecified atom stereocenters. The quantitative estimate of drug-likeness (QED) is 0.664. The van der Waals surface area contributed by atoms with Gasteiger partial charge in [-0.3, -0.25) is 8.98 Å². The molecule has 94 valence electrons. The van der Waals surface area contributed by atoms with Crippen LogP contribution in [0.15, 0.2) is 34.3 Å². The molecule has 0 fully saturated rings. The molecule has 7 heteroatoms. The van der Waals surface area contributed by atoms with Gasteiger partial charge in [0.15, 0.2) is 11.8 Å². The number of carbonyl (C=O) groups excluding carboxylic acids is 1. The molecule has 0 spiro atoms. The molecule has 0 bridgehead atoms. The van der Waals surface area contributed by atoms with E-state index in [1.54, 1.807) is 0 Å². The molecule has 0 heterocycles. The molecule has 0 aromatic heterocycles. The maximum Gasteiger partial charge on any atom is 0.297 e. The lowest BCUT2D eigenvalue weighted by Gasteiger charge is -2.16. The summed E-state index contributed by atoms with van der Waals surface area (Å²) in [7, 11) is -2.81. The maximum absolute atomic E-state index is 11.9. The van der Waals surface area contributed by atoms with Gasteiger partial charge >= 0.3 is 0 Å². The van der Waals surface area contributed by atoms with Gasteiger partial charge in [0.1, 0.15) is 4.90 Å². The second-order valence-corrected chi connectivity index (χ2v) is 5.32. The Bertz CT molecular complexity index is 649. The Morgan fingerprint density at radius 3 is 2.72 bits per heavy atom. The van der Waals surface area contributed by atoms with Gasteiger partial charge in [-0.1, -0.05) is 18.2 Å². The Morgan fingerprint density at radius 1 is 1.39 bits per heavy atom. The topological polar surface area (TPSA) is 96.7 Å². The monoisotopic (exact) mass is 266 g/mol. The van der Waals surface area contributed by atoms with Crippen molar-refractivity contribution in [2.24, 2.45) is 5.11 Å². The van der Waals surface area contributed by atoms with Gasteiger partial charge in [0.05, 0.1) is 7.11 Å². The van der Waals surface area contributed by atoms with E-state index in [1.165, 1.54) is 30.4 Å². The summed E-state index contributed by atoms with van der Waals surface area (Å²) < 4.78 is 27.9. The molecule has 1 aromatic rings. The number of fused-ring (bicyclic) bond motifs is 1. The Morgan fingerprint density at radius 2 is 2.11 bits per heavy atom. The Kier molecular flexibility index (Phi) is 3.10. The minimum atomic E-state index is -3.87. The Hall–Kier alpha value is -1.86. The third kappa shape index (κ3) is 1.87. The summed E-state index contributed by atoms with van der Waals surface area (Å²) in [6, 6.07) is 3.46. The number of benzene rings is 1. The van der Waals surface area contributed by atoms with Crippen LogP contribution in [-0.2, 0) is 14.3 Å². The van der Waals surface area contributed by atoms with E-state index in [2.05, 4.69) is 9.30 Å². The van der Waals surface area contributed by atoms with Crippen LogP contribution in [0.4, 0.5) is 0 Å². The zero-order valence-corrected chi connectivity index (χ0v) is 10.3. The van der Waals surface area contributed by atoms with Gasteiger partial charge < -0.3 is 0 Å². The van der Waals surface area contributed by atoms with E-state index < -0.39 is 21.9 Å². The molecule has 0 amide bonds. The van der Waals surface area contributed by atoms with Crippen LogP contribution in [-0.4, -0.2) is 27.4 Å². The van der Waals surface area contributed by atoms with Crippen molar-refractivity contribution in [3.8, 4) is 0 Å². The van der Waals surface area contributed by atoms with Crippen LogP contribution in [0.25, 0.3) is 6.08 Å². The molecule has 0 radical (unpaired) electrons. The van der Waals surface area contributed by atoms with Crippen LogP contribution in [0.1, 0.15) is 15.9 Å². The number of nitrogens with zero attached hydrogens (tertiary/aromatic N) is 1. The third-order valence-corrected chi connectivity index (χ3v) is 4.01. The summed E-state index contributed by atoms with van der Waals surface area (Å²) >= 11 is 0. The summed E-state index contributed by atoms with van der Waals surface area (Å²) in [6.45, 7) is 0. The zero-order chi connectivity index (χ0) is 13.3.